The fourth-order valence-electron chi connectivity index (χ4n) is 3.45. The normalized spacial score (nSPS) is 20.7. The van der Waals surface area contributed by atoms with Crippen molar-refractivity contribution in [1.29, 1.82) is 0 Å². The first-order valence-corrected chi connectivity index (χ1v) is 10.1. The molecule has 0 aromatic heterocycles. The van der Waals surface area contributed by atoms with Gasteiger partial charge in [-0.1, -0.05) is 30.3 Å². The van der Waals surface area contributed by atoms with Crippen LogP contribution in [-0.2, 0) is 14.4 Å². The van der Waals surface area contributed by atoms with E-state index in [-0.39, 0.29) is 0 Å². The van der Waals surface area contributed by atoms with Crippen molar-refractivity contribution in [2.24, 2.45) is 0 Å². The number of nitrogens with zero attached hydrogens (tertiary/aromatic N) is 1. The van der Waals surface area contributed by atoms with E-state index in [1.807, 2.05) is 26.8 Å². The molecule has 9 heteroatoms. The van der Waals surface area contributed by atoms with Gasteiger partial charge >= 0.3 is 12.1 Å². The van der Waals surface area contributed by atoms with Crippen molar-refractivity contribution in [3.05, 3.63) is 59.7 Å². The molecule has 9 nitrogen and oxygen atoms in total. The third-order valence-electron chi connectivity index (χ3n) is 4.86. The van der Waals surface area contributed by atoms with Crippen LogP contribution in [0.25, 0.3) is 0 Å². The van der Waals surface area contributed by atoms with Gasteiger partial charge in [0.1, 0.15) is 17.5 Å². The summed E-state index contributed by atoms with van der Waals surface area (Å²) in [6.07, 6.45) is -3.17. The minimum Gasteiger partial charge on any atom is -0.497 e. The van der Waals surface area contributed by atoms with Gasteiger partial charge in [0, 0.05) is 17.2 Å². The Balaban J connectivity index is 2.10. The molecule has 1 saturated heterocycles. The molecule has 1 amide bonds. The van der Waals surface area contributed by atoms with Crippen molar-refractivity contribution in [3.63, 3.8) is 0 Å². The van der Waals surface area contributed by atoms with Gasteiger partial charge in [-0.15, -0.1) is 5.48 Å². The maximum absolute atomic E-state index is 13.3. The molecule has 32 heavy (non-hydrogen) atoms. The smallest absolute Gasteiger partial charge is 0.431 e. The maximum atomic E-state index is 13.3. The molecule has 0 radical (unpaired) electrons. The Hall–Kier alpha value is -3.30. The third kappa shape index (κ3) is 4.95. The van der Waals surface area contributed by atoms with E-state index in [9.17, 15) is 14.7 Å². The number of hydrogen-bond acceptors (Lipinski definition) is 7. The molecule has 172 valence electrons. The number of carboxylic acids is 1. The predicted molar refractivity (Wildman–Crippen MR) is 115 cm³/mol. The van der Waals surface area contributed by atoms with Crippen LogP contribution in [0.1, 0.15) is 44.2 Å². The molecule has 0 aliphatic carbocycles. The largest absolute Gasteiger partial charge is 0.497 e. The molecule has 1 unspecified atom stereocenters. The zero-order valence-electron chi connectivity index (χ0n) is 18.7. The summed E-state index contributed by atoms with van der Waals surface area (Å²) in [7, 11) is 2.99. The highest BCUT2D eigenvalue weighted by molar-refractivity contribution is 5.77. The van der Waals surface area contributed by atoms with Gasteiger partial charge in [0.15, 0.2) is 12.3 Å². The summed E-state index contributed by atoms with van der Waals surface area (Å²) in [5.41, 5.74) is 3.24. The number of hydrogen-bond donors (Lipinski definition) is 2. The van der Waals surface area contributed by atoms with E-state index in [2.05, 4.69) is 5.48 Å². The lowest BCUT2D eigenvalue weighted by Crippen LogP contribution is -2.44. The maximum Gasteiger partial charge on any atom is 0.431 e. The molecule has 2 aromatic carbocycles. The molecule has 3 atom stereocenters. The highest BCUT2D eigenvalue weighted by atomic mass is 16.7. The first kappa shape index (κ1) is 23.4. The number of carboxylic acid groups (broad SMARTS) is 1. The summed E-state index contributed by atoms with van der Waals surface area (Å²) >= 11 is 0. The summed E-state index contributed by atoms with van der Waals surface area (Å²) < 4.78 is 16.7. The van der Waals surface area contributed by atoms with Crippen molar-refractivity contribution >= 4 is 12.1 Å². The number of hydroxylamine groups is 1. The zero-order valence-corrected chi connectivity index (χ0v) is 18.7. The number of rotatable bonds is 6. The Morgan fingerprint density at radius 2 is 1.75 bits per heavy atom. The molecule has 1 aliphatic rings. The number of aliphatic carboxylic acids is 1. The second kappa shape index (κ2) is 9.46. The van der Waals surface area contributed by atoms with Crippen LogP contribution in [0.2, 0.25) is 0 Å². The molecule has 1 heterocycles. The Morgan fingerprint density at radius 1 is 1.06 bits per heavy atom. The molecule has 2 N–H and O–H groups in total. The first-order valence-electron chi connectivity index (χ1n) is 10.1. The van der Waals surface area contributed by atoms with E-state index in [1.165, 1.54) is 19.1 Å². The van der Waals surface area contributed by atoms with Crippen LogP contribution in [0.3, 0.4) is 0 Å². The van der Waals surface area contributed by atoms with E-state index in [0.29, 0.717) is 22.6 Å². The molecule has 3 rings (SSSR count). The van der Waals surface area contributed by atoms with Crippen LogP contribution in [0, 0.1) is 0 Å². The molecule has 1 fully saturated rings. The lowest BCUT2D eigenvalue weighted by molar-refractivity contribution is -0.150. The fraction of sp³-hybridized carbons (Fsp3) is 0.391. The number of ether oxygens (including phenoxy) is 3. The molecule has 0 bridgehead atoms. The van der Waals surface area contributed by atoms with Crippen LogP contribution in [0.15, 0.2) is 48.5 Å². The first-order chi connectivity index (χ1) is 15.2. The molecular formula is C23H28N2O7. The summed E-state index contributed by atoms with van der Waals surface area (Å²) in [6.45, 7) is 5.50. The van der Waals surface area contributed by atoms with Gasteiger partial charge in [0.2, 0.25) is 0 Å². The Morgan fingerprint density at radius 3 is 2.31 bits per heavy atom. The fourth-order valence-corrected chi connectivity index (χ4v) is 3.45. The zero-order chi connectivity index (χ0) is 23.5. The van der Waals surface area contributed by atoms with Crippen LogP contribution in [0.5, 0.6) is 11.5 Å². The van der Waals surface area contributed by atoms with Gasteiger partial charge in [-0.25, -0.2) is 9.59 Å². The highest BCUT2D eigenvalue weighted by Crippen LogP contribution is 2.46. The monoisotopic (exact) mass is 444 g/mol. The van der Waals surface area contributed by atoms with Crippen LogP contribution in [0.4, 0.5) is 4.79 Å². The van der Waals surface area contributed by atoms with E-state index >= 15 is 0 Å². The van der Waals surface area contributed by atoms with Gasteiger partial charge in [-0.3, -0.25) is 4.90 Å². The summed E-state index contributed by atoms with van der Waals surface area (Å²) in [5, 5.41) is 9.91. The molecule has 2 aromatic rings. The van der Waals surface area contributed by atoms with Crippen LogP contribution < -0.4 is 15.0 Å². The van der Waals surface area contributed by atoms with Crippen molar-refractivity contribution in [3.8, 4) is 11.5 Å². The van der Waals surface area contributed by atoms with Gasteiger partial charge < -0.3 is 24.2 Å². The lowest BCUT2D eigenvalue weighted by Gasteiger charge is -2.30. The van der Waals surface area contributed by atoms with E-state index in [0.717, 1.165) is 0 Å². The Labute approximate surface area is 186 Å². The topological polar surface area (TPSA) is 107 Å². The highest BCUT2D eigenvalue weighted by Gasteiger charge is 2.51. The predicted octanol–water partition coefficient (Wildman–Crippen LogP) is 3.67. The molecule has 0 spiro atoms. The van der Waals surface area contributed by atoms with Gasteiger partial charge in [-0.05, 0) is 38.5 Å². The van der Waals surface area contributed by atoms with Gasteiger partial charge in [0.25, 0.3) is 0 Å². The number of carbonyl (C=O) groups is 2. The van der Waals surface area contributed by atoms with Crippen molar-refractivity contribution < 1.29 is 33.7 Å². The Kier molecular flexibility index (Phi) is 6.90. The third-order valence-corrected chi connectivity index (χ3v) is 4.86. The van der Waals surface area contributed by atoms with E-state index in [4.69, 9.17) is 19.0 Å². The standard InChI is InChI=1S/C23H28N2O7/c1-23(2,3)24-32-22(28)25-18(14-9-7-6-8-10-14)19(21(26)27)31-20(25)16-12-11-15(29-4)13-17(16)30-5/h6-13,18-20,24H,1-5H3,(H,26,27)/t18-,19+,20?/m0/s1. The minimum absolute atomic E-state index is 0.383. The summed E-state index contributed by atoms with van der Waals surface area (Å²) in [4.78, 5) is 32.0. The van der Waals surface area contributed by atoms with Gasteiger partial charge in [-0.2, -0.15) is 0 Å². The number of nitrogens with one attached hydrogen (secondary N) is 1. The molecule has 1 aliphatic heterocycles. The van der Waals surface area contributed by atoms with E-state index < -0.39 is 36.0 Å². The minimum atomic E-state index is -1.32. The average Bonchev–Trinajstić information content (AvgIpc) is 3.18. The lowest BCUT2D eigenvalue weighted by atomic mass is 10.0. The summed E-state index contributed by atoms with van der Waals surface area (Å²) in [5.74, 6) is -0.272. The number of carbonyl (C=O) groups excluding carboxylic acids is 1. The van der Waals surface area contributed by atoms with Gasteiger partial charge in [0.05, 0.1) is 14.2 Å². The van der Waals surface area contributed by atoms with Crippen LogP contribution >= 0.6 is 0 Å². The van der Waals surface area contributed by atoms with Crippen molar-refractivity contribution in [1.82, 2.24) is 10.4 Å². The number of methoxy groups -OCH3 is 2. The molecular weight excluding hydrogens is 416 g/mol. The quantitative estimate of drug-likeness (QED) is 0.650. The van der Waals surface area contributed by atoms with Crippen molar-refractivity contribution in [2.45, 2.75) is 44.7 Å². The molecule has 0 saturated carbocycles. The van der Waals surface area contributed by atoms with E-state index in [1.54, 1.807) is 42.5 Å². The second-order valence-electron chi connectivity index (χ2n) is 8.34. The van der Waals surface area contributed by atoms with Crippen molar-refractivity contribution in [2.75, 3.05) is 14.2 Å². The summed E-state index contributed by atoms with van der Waals surface area (Å²) in [6, 6.07) is 12.9. The Bertz CT molecular complexity index is 959. The van der Waals surface area contributed by atoms with Crippen LogP contribution in [-0.4, -0.2) is 47.9 Å². The average molecular weight is 444 g/mol. The SMILES string of the molecule is COc1ccc(C2O[C@@H](C(=O)O)[C@H](c3ccccc3)N2C(=O)ONC(C)(C)C)c(OC)c1. The second-order valence-corrected chi connectivity index (χ2v) is 8.34. The number of benzene rings is 2. The number of amides is 1.